The Morgan fingerprint density at radius 2 is 2.07 bits per heavy atom. The highest BCUT2D eigenvalue weighted by Gasteiger charge is 2.32. The molecule has 0 radical (unpaired) electrons. The normalized spacial score (nSPS) is 16.2. The van der Waals surface area contributed by atoms with Crippen LogP contribution in [0.1, 0.15) is 30.0 Å². The Balaban J connectivity index is 1.43. The number of carbonyl (C=O) groups excluding carboxylic acids is 1. The van der Waals surface area contributed by atoms with Crippen molar-refractivity contribution in [3.63, 3.8) is 0 Å². The summed E-state index contributed by atoms with van der Waals surface area (Å²) in [6.07, 6.45) is 4.70. The molecule has 152 valence electrons. The third kappa shape index (κ3) is 3.88. The highest BCUT2D eigenvalue weighted by molar-refractivity contribution is 5.83. The number of methoxy groups -OCH3 is 2. The molecule has 2 amide bonds. The number of urea groups is 1. The largest absolute Gasteiger partial charge is 0.497 e. The van der Waals surface area contributed by atoms with Crippen LogP contribution in [-0.4, -0.2) is 43.2 Å². The van der Waals surface area contributed by atoms with E-state index >= 15 is 0 Å². The maximum absolute atomic E-state index is 12.9. The van der Waals surface area contributed by atoms with Crippen LogP contribution in [0.25, 0.3) is 10.9 Å². The molecule has 0 aliphatic carbocycles. The number of fused-ring (bicyclic) bond motifs is 1. The predicted molar refractivity (Wildman–Crippen MR) is 114 cm³/mol. The number of rotatable bonds is 6. The van der Waals surface area contributed by atoms with E-state index in [0.29, 0.717) is 6.54 Å². The minimum absolute atomic E-state index is 0.00635. The number of H-pyrrole nitrogens is 1. The summed E-state index contributed by atoms with van der Waals surface area (Å²) < 4.78 is 10.9. The van der Waals surface area contributed by atoms with Crippen LogP contribution >= 0.6 is 0 Å². The molecule has 1 aliphatic heterocycles. The van der Waals surface area contributed by atoms with Gasteiger partial charge in [-0.3, -0.25) is 0 Å². The quantitative estimate of drug-likeness (QED) is 0.657. The second-order valence-electron chi connectivity index (χ2n) is 7.30. The summed E-state index contributed by atoms with van der Waals surface area (Å²) in [6, 6.07) is 13.9. The second kappa shape index (κ2) is 8.47. The number of aromatic nitrogens is 1. The van der Waals surface area contributed by atoms with Gasteiger partial charge >= 0.3 is 6.03 Å². The molecule has 6 nitrogen and oxygen atoms in total. The smallest absolute Gasteiger partial charge is 0.317 e. The summed E-state index contributed by atoms with van der Waals surface area (Å²) in [4.78, 5) is 18.1. The van der Waals surface area contributed by atoms with Crippen molar-refractivity contribution in [3.05, 3.63) is 59.8 Å². The average molecular weight is 393 g/mol. The average Bonchev–Trinajstić information content (AvgIpc) is 3.41. The zero-order valence-electron chi connectivity index (χ0n) is 16.9. The van der Waals surface area contributed by atoms with Gasteiger partial charge in [-0.1, -0.05) is 18.2 Å². The number of hydrogen-bond acceptors (Lipinski definition) is 3. The number of hydrogen-bond donors (Lipinski definition) is 2. The maximum Gasteiger partial charge on any atom is 0.317 e. The molecule has 1 fully saturated rings. The minimum Gasteiger partial charge on any atom is -0.497 e. The van der Waals surface area contributed by atoms with Crippen LogP contribution in [0.4, 0.5) is 4.79 Å². The molecule has 3 aromatic rings. The van der Waals surface area contributed by atoms with Crippen molar-refractivity contribution in [3.8, 4) is 11.5 Å². The third-order valence-electron chi connectivity index (χ3n) is 5.66. The number of amides is 2. The summed E-state index contributed by atoms with van der Waals surface area (Å²) in [5, 5.41) is 4.30. The van der Waals surface area contributed by atoms with Crippen molar-refractivity contribution in [2.24, 2.45) is 0 Å². The van der Waals surface area contributed by atoms with Crippen molar-refractivity contribution < 1.29 is 14.3 Å². The van der Waals surface area contributed by atoms with Gasteiger partial charge in [-0.25, -0.2) is 4.79 Å². The van der Waals surface area contributed by atoms with Gasteiger partial charge in [-0.05, 0) is 49.1 Å². The Morgan fingerprint density at radius 1 is 1.21 bits per heavy atom. The third-order valence-corrected chi connectivity index (χ3v) is 5.66. The van der Waals surface area contributed by atoms with E-state index in [4.69, 9.17) is 9.47 Å². The Labute approximate surface area is 170 Å². The predicted octanol–water partition coefficient (Wildman–Crippen LogP) is 4.27. The summed E-state index contributed by atoms with van der Waals surface area (Å²) in [6.45, 7) is 1.34. The molecule has 0 spiro atoms. The first kappa shape index (κ1) is 19.2. The lowest BCUT2D eigenvalue weighted by molar-refractivity contribution is 0.192. The lowest BCUT2D eigenvalue weighted by atomic mass is 10.0. The highest BCUT2D eigenvalue weighted by Crippen LogP contribution is 2.38. The summed E-state index contributed by atoms with van der Waals surface area (Å²) in [5.74, 6) is 1.56. The number of ether oxygens (including phenoxy) is 2. The van der Waals surface area contributed by atoms with Crippen molar-refractivity contribution >= 4 is 16.9 Å². The first-order valence-electron chi connectivity index (χ1n) is 10.0. The first-order valence-corrected chi connectivity index (χ1v) is 10.0. The van der Waals surface area contributed by atoms with Crippen LogP contribution in [0.2, 0.25) is 0 Å². The lowest BCUT2D eigenvalue weighted by Crippen LogP contribution is -2.40. The van der Waals surface area contributed by atoms with E-state index in [2.05, 4.69) is 22.4 Å². The van der Waals surface area contributed by atoms with Gasteiger partial charge in [0.25, 0.3) is 0 Å². The fourth-order valence-corrected chi connectivity index (χ4v) is 4.18. The van der Waals surface area contributed by atoms with Crippen molar-refractivity contribution in [1.82, 2.24) is 15.2 Å². The maximum atomic E-state index is 12.9. The van der Waals surface area contributed by atoms with E-state index in [-0.39, 0.29) is 12.1 Å². The molecule has 2 aromatic carbocycles. The Bertz CT molecular complexity index is 998. The Kier molecular flexibility index (Phi) is 5.60. The van der Waals surface area contributed by atoms with Gasteiger partial charge in [0.15, 0.2) is 0 Å². The van der Waals surface area contributed by atoms with Crippen molar-refractivity contribution in [2.45, 2.75) is 25.3 Å². The SMILES string of the molecule is COc1ccc(OC)c(C2CCCN2C(=O)NCCc2c[nH]c3ccccc23)c1. The van der Waals surface area contributed by atoms with Gasteiger partial charge < -0.3 is 24.7 Å². The molecule has 1 atom stereocenters. The van der Waals surface area contributed by atoms with Gasteiger partial charge in [0.05, 0.1) is 20.3 Å². The molecule has 6 heteroatoms. The molecule has 29 heavy (non-hydrogen) atoms. The monoisotopic (exact) mass is 393 g/mol. The van der Waals surface area contributed by atoms with E-state index in [9.17, 15) is 4.79 Å². The summed E-state index contributed by atoms with van der Waals surface area (Å²) in [5.41, 5.74) is 3.34. The van der Waals surface area contributed by atoms with Crippen LogP contribution < -0.4 is 14.8 Å². The molecule has 1 unspecified atom stereocenters. The standard InChI is InChI=1S/C23H27N3O3/c1-28-17-9-10-22(29-2)19(14-17)21-8-5-13-26(21)23(27)24-12-11-16-15-25-20-7-4-3-6-18(16)20/h3-4,6-7,9-10,14-15,21,25H,5,8,11-13H2,1-2H3,(H,24,27). The number of para-hydroxylation sites is 1. The first-order chi connectivity index (χ1) is 14.2. The Morgan fingerprint density at radius 3 is 2.90 bits per heavy atom. The van der Waals surface area contributed by atoms with E-state index in [0.717, 1.165) is 48.4 Å². The molecular weight excluding hydrogens is 366 g/mol. The Hall–Kier alpha value is -3.15. The van der Waals surface area contributed by atoms with Gasteiger partial charge in [0.1, 0.15) is 11.5 Å². The molecule has 1 saturated heterocycles. The summed E-state index contributed by atoms with van der Waals surface area (Å²) >= 11 is 0. The van der Waals surface area contributed by atoms with Crippen molar-refractivity contribution in [2.75, 3.05) is 27.3 Å². The molecule has 4 rings (SSSR count). The van der Waals surface area contributed by atoms with Crippen LogP contribution in [0.15, 0.2) is 48.7 Å². The number of aromatic amines is 1. The fourth-order valence-electron chi connectivity index (χ4n) is 4.18. The van der Waals surface area contributed by atoms with E-state index < -0.39 is 0 Å². The lowest BCUT2D eigenvalue weighted by Gasteiger charge is -2.27. The van der Waals surface area contributed by atoms with Gasteiger partial charge in [-0.15, -0.1) is 0 Å². The molecule has 2 heterocycles. The molecule has 2 N–H and O–H groups in total. The second-order valence-corrected chi connectivity index (χ2v) is 7.30. The van der Waals surface area contributed by atoms with Crippen LogP contribution in [-0.2, 0) is 6.42 Å². The topological polar surface area (TPSA) is 66.6 Å². The number of nitrogens with zero attached hydrogens (tertiary/aromatic N) is 1. The van der Waals surface area contributed by atoms with Crippen LogP contribution in [0.3, 0.4) is 0 Å². The van der Waals surface area contributed by atoms with Crippen LogP contribution in [0, 0.1) is 0 Å². The molecular formula is C23H27N3O3. The van der Waals surface area contributed by atoms with Gasteiger partial charge in [-0.2, -0.15) is 0 Å². The number of nitrogens with one attached hydrogen (secondary N) is 2. The van der Waals surface area contributed by atoms with Crippen molar-refractivity contribution in [1.29, 1.82) is 0 Å². The van der Waals surface area contributed by atoms with Gasteiger partial charge in [0, 0.05) is 35.8 Å². The molecule has 0 saturated carbocycles. The zero-order valence-corrected chi connectivity index (χ0v) is 16.9. The van der Waals surface area contributed by atoms with E-state index in [1.165, 1.54) is 10.9 Å². The van der Waals surface area contributed by atoms with Crippen LogP contribution in [0.5, 0.6) is 11.5 Å². The molecule has 0 bridgehead atoms. The number of benzene rings is 2. The minimum atomic E-state index is -0.0304. The van der Waals surface area contributed by atoms with Gasteiger partial charge in [0.2, 0.25) is 0 Å². The molecule has 1 aliphatic rings. The molecule has 1 aromatic heterocycles. The highest BCUT2D eigenvalue weighted by atomic mass is 16.5. The number of carbonyl (C=O) groups is 1. The summed E-state index contributed by atoms with van der Waals surface area (Å²) in [7, 11) is 3.31. The number of likely N-dealkylation sites (tertiary alicyclic amines) is 1. The van der Waals surface area contributed by atoms with E-state index in [1.54, 1.807) is 14.2 Å². The fraction of sp³-hybridized carbons (Fsp3) is 0.348. The zero-order chi connectivity index (χ0) is 20.2. The van der Waals surface area contributed by atoms with E-state index in [1.807, 2.05) is 41.4 Å².